The molecule has 5 nitrogen and oxygen atoms in total. The maximum absolute atomic E-state index is 13.2. The molecule has 5 heteroatoms. The SMILES string of the molecule is Cc1ccccc1-c1ccc([C@H]2[C@@H](CO)N3CCCCN(C(=O)c4cccnc4)C[C@H]23)cc1. The van der Waals surface area contributed by atoms with E-state index in [4.69, 9.17) is 0 Å². The van der Waals surface area contributed by atoms with Crippen molar-refractivity contribution in [1.82, 2.24) is 14.8 Å². The second-order valence-corrected chi connectivity index (χ2v) is 9.22. The lowest BCUT2D eigenvalue weighted by Crippen LogP contribution is -2.67. The zero-order chi connectivity index (χ0) is 22.8. The summed E-state index contributed by atoms with van der Waals surface area (Å²) in [5.41, 5.74) is 5.60. The molecule has 0 aliphatic carbocycles. The van der Waals surface area contributed by atoms with Gasteiger partial charge >= 0.3 is 0 Å². The van der Waals surface area contributed by atoms with Crippen LogP contribution in [0, 0.1) is 6.92 Å². The second-order valence-electron chi connectivity index (χ2n) is 9.22. The minimum Gasteiger partial charge on any atom is -0.395 e. The lowest BCUT2D eigenvalue weighted by atomic mass is 9.74. The molecule has 0 spiro atoms. The van der Waals surface area contributed by atoms with Gasteiger partial charge in [-0.1, -0.05) is 48.5 Å². The normalized spacial score (nSPS) is 23.2. The molecule has 3 atom stereocenters. The van der Waals surface area contributed by atoms with E-state index in [0.29, 0.717) is 12.1 Å². The van der Waals surface area contributed by atoms with Crippen molar-refractivity contribution < 1.29 is 9.90 Å². The van der Waals surface area contributed by atoms with Gasteiger partial charge in [0.2, 0.25) is 0 Å². The third-order valence-electron chi connectivity index (χ3n) is 7.32. The molecular weight excluding hydrogens is 410 g/mol. The Hall–Kier alpha value is -3.02. The number of nitrogens with zero attached hydrogens (tertiary/aromatic N) is 3. The average molecular weight is 442 g/mol. The summed E-state index contributed by atoms with van der Waals surface area (Å²) in [5.74, 6) is 0.259. The first-order valence-electron chi connectivity index (χ1n) is 11.9. The van der Waals surface area contributed by atoms with E-state index in [2.05, 4.69) is 65.3 Å². The molecule has 0 radical (unpaired) electrons. The number of carbonyl (C=O) groups excluding carboxylic acids is 1. The quantitative estimate of drug-likeness (QED) is 0.662. The predicted molar refractivity (Wildman–Crippen MR) is 130 cm³/mol. The molecule has 5 rings (SSSR count). The molecule has 170 valence electrons. The van der Waals surface area contributed by atoms with E-state index in [1.165, 1.54) is 22.3 Å². The number of aromatic nitrogens is 1. The van der Waals surface area contributed by atoms with Crippen molar-refractivity contribution in [2.75, 3.05) is 26.2 Å². The molecule has 3 aromatic rings. The van der Waals surface area contributed by atoms with Crippen molar-refractivity contribution in [2.45, 2.75) is 37.8 Å². The molecule has 2 saturated heterocycles. The number of benzene rings is 2. The van der Waals surface area contributed by atoms with Gasteiger partial charge in [-0.2, -0.15) is 0 Å². The highest BCUT2D eigenvalue weighted by atomic mass is 16.3. The maximum Gasteiger partial charge on any atom is 0.255 e. The molecule has 2 aliphatic rings. The Morgan fingerprint density at radius 1 is 1.03 bits per heavy atom. The Morgan fingerprint density at radius 3 is 2.55 bits per heavy atom. The number of carbonyl (C=O) groups is 1. The van der Waals surface area contributed by atoms with Crippen LogP contribution in [0.25, 0.3) is 11.1 Å². The number of hydrogen-bond donors (Lipinski definition) is 1. The fourth-order valence-corrected chi connectivity index (χ4v) is 5.58. The van der Waals surface area contributed by atoms with Gasteiger partial charge in [0.1, 0.15) is 0 Å². The van der Waals surface area contributed by atoms with Crippen molar-refractivity contribution in [3.63, 3.8) is 0 Å². The van der Waals surface area contributed by atoms with Crippen LogP contribution in [-0.4, -0.2) is 64.1 Å². The first kappa shape index (κ1) is 21.8. The van der Waals surface area contributed by atoms with Crippen LogP contribution in [-0.2, 0) is 0 Å². The Bertz CT molecular complexity index is 1100. The third kappa shape index (κ3) is 4.19. The van der Waals surface area contributed by atoms with Gasteiger partial charge < -0.3 is 10.0 Å². The average Bonchev–Trinajstić information content (AvgIpc) is 2.84. The van der Waals surface area contributed by atoms with Gasteiger partial charge in [-0.05, 0) is 60.7 Å². The van der Waals surface area contributed by atoms with E-state index in [1.54, 1.807) is 12.4 Å². The zero-order valence-electron chi connectivity index (χ0n) is 19.1. The summed E-state index contributed by atoms with van der Waals surface area (Å²) >= 11 is 0. The van der Waals surface area contributed by atoms with Crippen LogP contribution in [0.15, 0.2) is 73.1 Å². The number of aliphatic hydroxyl groups excluding tert-OH is 1. The number of hydrogen-bond acceptors (Lipinski definition) is 4. The Balaban J connectivity index is 1.40. The van der Waals surface area contributed by atoms with Crippen molar-refractivity contribution in [3.05, 3.63) is 89.7 Å². The standard InChI is InChI=1S/C28H31N3O2/c1-20-7-2-3-9-24(20)21-10-12-22(13-11-21)27-25-18-30(28(33)23-8-6-14-29-17-23)15-4-5-16-31(25)26(27)19-32/h2-3,6-14,17,25-27,32H,4-5,15-16,18-19H2,1H3/t25-,26-,27-/m1/s1. The summed E-state index contributed by atoms with van der Waals surface area (Å²) in [5, 5.41) is 10.2. The van der Waals surface area contributed by atoms with E-state index in [1.807, 2.05) is 17.0 Å². The van der Waals surface area contributed by atoms with Crippen molar-refractivity contribution in [1.29, 1.82) is 0 Å². The minimum absolute atomic E-state index is 0.0473. The van der Waals surface area contributed by atoms with E-state index in [-0.39, 0.29) is 30.5 Å². The van der Waals surface area contributed by atoms with Crippen LogP contribution in [0.3, 0.4) is 0 Å². The molecule has 1 aromatic heterocycles. The van der Waals surface area contributed by atoms with Crippen LogP contribution in [0.4, 0.5) is 0 Å². The molecule has 2 aliphatic heterocycles. The number of fused-ring (bicyclic) bond motifs is 1. The molecular formula is C28H31N3O2. The summed E-state index contributed by atoms with van der Waals surface area (Å²) in [6.07, 6.45) is 5.35. The molecule has 2 aromatic carbocycles. The molecule has 0 bridgehead atoms. The third-order valence-corrected chi connectivity index (χ3v) is 7.32. The number of amides is 1. The predicted octanol–water partition coefficient (Wildman–Crippen LogP) is 4.12. The topological polar surface area (TPSA) is 56.7 Å². The lowest BCUT2D eigenvalue weighted by Gasteiger charge is -2.57. The summed E-state index contributed by atoms with van der Waals surface area (Å²) in [4.78, 5) is 21.7. The van der Waals surface area contributed by atoms with Crippen LogP contribution in [0.1, 0.15) is 40.2 Å². The van der Waals surface area contributed by atoms with E-state index in [9.17, 15) is 9.90 Å². The number of rotatable bonds is 4. The number of aryl methyl sites for hydroxylation is 1. The maximum atomic E-state index is 13.2. The lowest BCUT2D eigenvalue weighted by molar-refractivity contribution is -0.0606. The fraction of sp³-hybridized carbons (Fsp3) is 0.357. The van der Waals surface area contributed by atoms with E-state index in [0.717, 1.165) is 25.9 Å². The van der Waals surface area contributed by atoms with Gasteiger partial charge in [-0.3, -0.25) is 14.7 Å². The van der Waals surface area contributed by atoms with Gasteiger partial charge in [-0.25, -0.2) is 0 Å². The number of pyridine rings is 1. The largest absolute Gasteiger partial charge is 0.395 e. The van der Waals surface area contributed by atoms with Gasteiger partial charge in [0, 0.05) is 43.5 Å². The van der Waals surface area contributed by atoms with Crippen LogP contribution in [0.5, 0.6) is 0 Å². The molecule has 33 heavy (non-hydrogen) atoms. The highest BCUT2D eigenvalue weighted by molar-refractivity contribution is 5.93. The Labute approximate surface area is 195 Å². The van der Waals surface area contributed by atoms with Crippen LogP contribution in [0.2, 0.25) is 0 Å². The van der Waals surface area contributed by atoms with Gasteiger partial charge in [0.15, 0.2) is 0 Å². The molecule has 1 N–H and O–H groups in total. The molecule has 2 fully saturated rings. The molecule has 0 saturated carbocycles. The summed E-state index contributed by atoms with van der Waals surface area (Å²) in [7, 11) is 0. The van der Waals surface area contributed by atoms with Gasteiger partial charge in [0.25, 0.3) is 5.91 Å². The van der Waals surface area contributed by atoms with E-state index < -0.39 is 0 Å². The van der Waals surface area contributed by atoms with Crippen molar-refractivity contribution in [3.8, 4) is 11.1 Å². The molecule has 3 heterocycles. The summed E-state index contributed by atoms with van der Waals surface area (Å²) < 4.78 is 0. The van der Waals surface area contributed by atoms with Crippen molar-refractivity contribution in [2.24, 2.45) is 0 Å². The fourth-order valence-electron chi connectivity index (χ4n) is 5.58. The Kier molecular flexibility index (Phi) is 6.25. The minimum atomic E-state index is 0.0473. The summed E-state index contributed by atoms with van der Waals surface area (Å²) in [6.45, 7) is 4.69. The highest BCUT2D eigenvalue weighted by Gasteiger charge is 2.49. The van der Waals surface area contributed by atoms with Crippen LogP contribution < -0.4 is 0 Å². The first-order valence-corrected chi connectivity index (χ1v) is 11.9. The van der Waals surface area contributed by atoms with Crippen LogP contribution >= 0.6 is 0 Å². The monoisotopic (exact) mass is 441 g/mol. The smallest absolute Gasteiger partial charge is 0.255 e. The zero-order valence-corrected chi connectivity index (χ0v) is 19.1. The first-order chi connectivity index (χ1) is 16.2. The highest BCUT2D eigenvalue weighted by Crippen LogP contribution is 2.42. The van der Waals surface area contributed by atoms with E-state index >= 15 is 0 Å². The molecule has 1 amide bonds. The molecule has 0 unspecified atom stereocenters. The summed E-state index contributed by atoms with van der Waals surface area (Å²) in [6, 6.07) is 21.2. The number of aliphatic hydroxyl groups is 1. The van der Waals surface area contributed by atoms with Gasteiger partial charge in [0.05, 0.1) is 12.2 Å². The van der Waals surface area contributed by atoms with Crippen molar-refractivity contribution >= 4 is 5.91 Å². The van der Waals surface area contributed by atoms with Gasteiger partial charge in [-0.15, -0.1) is 0 Å². The Morgan fingerprint density at radius 2 is 1.82 bits per heavy atom. The second kappa shape index (κ2) is 9.46.